The van der Waals surface area contributed by atoms with Crippen LogP contribution in [0, 0.1) is 0 Å². The zero-order valence-electron chi connectivity index (χ0n) is 16.2. The average molecular weight is 362 g/mol. The summed E-state index contributed by atoms with van der Waals surface area (Å²) in [5.74, 6) is 1.25. The van der Waals surface area contributed by atoms with Gasteiger partial charge >= 0.3 is 0 Å². The molecule has 2 rings (SSSR count). The lowest BCUT2D eigenvalue weighted by atomic mass is 10.1. The van der Waals surface area contributed by atoms with Gasteiger partial charge in [-0.25, -0.2) is 0 Å². The third kappa shape index (κ3) is 5.75. The van der Waals surface area contributed by atoms with E-state index in [4.69, 9.17) is 14.2 Å². The molecule has 1 saturated heterocycles. The summed E-state index contributed by atoms with van der Waals surface area (Å²) in [6.07, 6.45) is 3.33. The lowest BCUT2D eigenvalue weighted by Crippen LogP contribution is -2.51. The Morgan fingerprint density at radius 3 is 2.69 bits per heavy atom. The molecule has 1 aromatic carbocycles. The van der Waals surface area contributed by atoms with E-state index >= 15 is 0 Å². The van der Waals surface area contributed by atoms with Crippen molar-refractivity contribution in [3.63, 3.8) is 0 Å². The number of hydrogen-bond donors (Lipinski definition) is 1. The van der Waals surface area contributed by atoms with Crippen molar-refractivity contribution in [1.29, 1.82) is 0 Å². The first-order chi connectivity index (χ1) is 12.5. The number of morpholine rings is 1. The number of carbonyl (C=O) groups excluding carboxylic acids is 1. The molecule has 2 unspecified atom stereocenters. The molecule has 0 spiro atoms. The number of carbonyl (C=O) groups is 1. The minimum Gasteiger partial charge on any atom is -0.493 e. The van der Waals surface area contributed by atoms with E-state index in [0.29, 0.717) is 18.1 Å². The highest BCUT2D eigenvalue weighted by Gasteiger charge is 2.22. The highest BCUT2D eigenvalue weighted by atomic mass is 16.5. The molecule has 0 saturated carbocycles. The second-order valence-electron chi connectivity index (χ2n) is 6.36. The molecule has 0 aliphatic carbocycles. The maximum atomic E-state index is 12.2. The summed E-state index contributed by atoms with van der Waals surface area (Å²) in [7, 11) is 1.60. The lowest BCUT2D eigenvalue weighted by molar-refractivity contribution is -0.117. The summed E-state index contributed by atoms with van der Waals surface area (Å²) >= 11 is 0. The average Bonchev–Trinajstić information content (AvgIpc) is 2.67. The van der Waals surface area contributed by atoms with Crippen LogP contribution in [-0.2, 0) is 9.53 Å². The van der Waals surface area contributed by atoms with E-state index in [1.807, 2.05) is 32.0 Å². The Morgan fingerprint density at radius 1 is 1.31 bits per heavy atom. The molecule has 2 atom stereocenters. The highest BCUT2D eigenvalue weighted by molar-refractivity contribution is 5.92. The standard InChI is InChI=1S/C20H30N2O4/c1-5-26-18-8-6-17(14-19(18)24-4)7-9-20(23)21-15(2)16(3)22-10-12-25-13-11-22/h6-9,14-16H,5,10-13H2,1-4H3,(H,21,23). The van der Waals surface area contributed by atoms with Crippen LogP contribution in [0.3, 0.4) is 0 Å². The summed E-state index contributed by atoms with van der Waals surface area (Å²) in [5.41, 5.74) is 0.884. The summed E-state index contributed by atoms with van der Waals surface area (Å²) in [6, 6.07) is 5.93. The minimum atomic E-state index is -0.106. The third-order valence-electron chi connectivity index (χ3n) is 4.63. The third-order valence-corrected chi connectivity index (χ3v) is 4.63. The zero-order chi connectivity index (χ0) is 18.9. The van der Waals surface area contributed by atoms with Crippen LogP contribution >= 0.6 is 0 Å². The molecule has 1 aliphatic heterocycles. The van der Waals surface area contributed by atoms with E-state index in [0.717, 1.165) is 31.9 Å². The monoisotopic (exact) mass is 362 g/mol. The van der Waals surface area contributed by atoms with Crippen molar-refractivity contribution in [3.8, 4) is 11.5 Å². The van der Waals surface area contributed by atoms with Crippen molar-refractivity contribution in [2.75, 3.05) is 40.0 Å². The van der Waals surface area contributed by atoms with Gasteiger partial charge in [0.2, 0.25) is 5.91 Å². The first kappa shape index (κ1) is 20.3. The van der Waals surface area contributed by atoms with Crippen molar-refractivity contribution in [1.82, 2.24) is 10.2 Å². The smallest absolute Gasteiger partial charge is 0.244 e. The second-order valence-corrected chi connectivity index (χ2v) is 6.36. The Balaban J connectivity index is 1.91. The Bertz CT molecular complexity index is 612. The van der Waals surface area contributed by atoms with Crippen LogP contribution in [0.2, 0.25) is 0 Å². The second kappa shape index (κ2) is 10.2. The summed E-state index contributed by atoms with van der Waals surface area (Å²) in [4.78, 5) is 14.6. The summed E-state index contributed by atoms with van der Waals surface area (Å²) in [5, 5.41) is 3.04. The molecular weight excluding hydrogens is 332 g/mol. The lowest BCUT2D eigenvalue weighted by Gasteiger charge is -2.35. The fourth-order valence-corrected chi connectivity index (χ4v) is 2.93. The first-order valence-corrected chi connectivity index (χ1v) is 9.16. The van der Waals surface area contributed by atoms with E-state index in [1.165, 1.54) is 0 Å². The summed E-state index contributed by atoms with van der Waals surface area (Å²) in [6.45, 7) is 9.99. The molecule has 1 amide bonds. The molecule has 6 nitrogen and oxygen atoms in total. The van der Waals surface area contributed by atoms with Crippen LogP contribution in [0.15, 0.2) is 24.3 Å². The van der Waals surface area contributed by atoms with Gasteiger partial charge in [-0.2, -0.15) is 0 Å². The van der Waals surface area contributed by atoms with Crippen molar-refractivity contribution in [2.45, 2.75) is 32.9 Å². The van der Waals surface area contributed by atoms with E-state index in [1.54, 1.807) is 19.3 Å². The van der Waals surface area contributed by atoms with Crippen molar-refractivity contribution in [2.24, 2.45) is 0 Å². The van der Waals surface area contributed by atoms with Crippen LogP contribution in [0.1, 0.15) is 26.3 Å². The molecule has 1 fully saturated rings. The van der Waals surface area contributed by atoms with Gasteiger partial charge in [-0.1, -0.05) is 6.07 Å². The van der Waals surface area contributed by atoms with Gasteiger partial charge < -0.3 is 19.5 Å². The highest BCUT2D eigenvalue weighted by Crippen LogP contribution is 2.28. The molecule has 26 heavy (non-hydrogen) atoms. The zero-order valence-corrected chi connectivity index (χ0v) is 16.2. The molecule has 6 heteroatoms. The maximum absolute atomic E-state index is 12.2. The quantitative estimate of drug-likeness (QED) is 0.719. The normalized spacial score (nSPS) is 17.7. The van der Waals surface area contributed by atoms with Crippen molar-refractivity contribution in [3.05, 3.63) is 29.8 Å². The SMILES string of the molecule is CCOc1ccc(C=CC(=O)NC(C)C(C)N2CCOCC2)cc1OC. The van der Waals surface area contributed by atoms with Crippen molar-refractivity contribution < 1.29 is 19.0 Å². The van der Waals surface area contributed by atoms with Crippen LogP contribution in [0.4, 0.5) is 0 Å². The fraction of sp³-hybridized carbons (Fsp3) is 0.550. The summed E-state index contributed by atoms with van der Waals surface area (Å²) < 4.78 is 16.2. The molecule has 1 aliphatic rings. The van der Waals surface area contributed by atoms with Gasteiger partial charge in [-0.3, -0.25) is 9.69 Å². The Hall–Kier alpha value is -2.05. The van der Waals surface area contributed by atoms with E-state index in [-0.39, 0.29) is 18.0 Å². The van der Waals surface area contributed by atoms with E-state index in [9.17, 15) is 4.79 Å². The predicted molar refractivity (Wildman–Crippen MR) is 103 cm³/mol. The molecule has 0 bridgehead atoms. The fourth-order valence-electron chi connectivity index (χ4n) is 2.93. The number of rotatable bonds is 8. The Kier molecular flexibility index (Phi) is 7.94. The van der Waals surface area contributed by atoms with Gasteiger partial charge in [0.15, 0.2) is 11.5 Å². The van der Waals surface area contributed by atoms with Gasteiger partial charge in [-0.05, 0) is 44.5 Å². The number of nitrogens with one attached hydrogen (secondary N) is 1. The van der Waals surface area contributed by atoms with Gasteiger partial charge in [0.25, 0.3) is 0 Å². The van der Waals surface area contributed by atoms with Crippen LogP contribution < -0.4 is 14.8 Å². The topological polar surface area (TPSA) is 60.0 Å². The number of benzene rings is 1. The van der Waals surface area contributed by atoms with E-state index in [2.05, 4.69) is 17.1 Å². The molecule has 144 valence electrons. The molecule has 1 heterocycles. The first-order valence-electron chi connectivity index (χ1n) is 9.16. The predicted octanol–water partition coefficient (Wildman–Crippen LogP) is 2.33. The Morgan fingerprint density at radius 2 is 2.04 bits per heavy atom. The van der Waals surface area contributed by atoms with Crippen LogP contribution in [-0.4, -0.2) is 62.9 Å². The van der Waals surface area contributed by atoms with Gasteiger partial charge in [0.05, 0.1) is 26.9 Å². The maximum Gasteiger partial charge on any atom is 0.244 e. The minimum absolute atomic E-state index is 0.0557. The van der Waals surface area contributed by atoms with Crippen LogP contribution in [0.25, 0.3) is 6.08 Å². The van der Waals surface area contributed by atoms with Crippen LogP contribution in [0.5, 0.6) is 11.5 Å². The number of amides is 1. The molecule has 0 aromatic heterocycles. The number of nitrogens with zero attached hydrogens (tertiary/aromatic N) is 1. The molecule has 1 aromatic rings. The van der Waals surface area contributed by atoms with Gasteiger partial charge in [0, 0.05) is 31.2 Å². The van der Waals surface area contributed by atoms with E-state index < -0.39 is 0 Å². The number of hydrogen-bond acceptors (Lipinski definition) is 5. The number of ether oxygens (including phenoxy) is 3. The molecule has 0 radical (unpaired) electrons. The Labute approximate surface area is 156 Å². The van der Waals surface area contributed by atoms with Gasteiger partial charge in [-0.15, -0.1) is 0 Å². The number of methoxy groups -OCH3 is 1. The molecule has 1 N–H and O–H groups in total. The van der Waals surface area contributed by atoms with Gasteiger partial charge in [0.1, 0.15) is 0 Å². The van der Waals surface area contributed by atoms with Crippen molar-refractivity contribution >= 4 is 12.0 Å². The molecular formula is C20H30N2O4. The largest absolute Gasteiger partial charge is 0.493 e.